The van der Waals surface area contributed by atoms with Crippen LogP contribution in [-0.4, -0.2) is 25.5 Å². The van der Waals surface area contributed by atoms with Crippen LogP contribution in [0.15, 0.2) is 23.1 Å². The lowest BCUT2D eigenvalue weighted by atomic mass is 10.1. The second-order valence-corrected chi connectivity index (χ2v) is 6.57. The minimum absolute atomic E-state index is 0.162. The van der Waals surface area contributed by atoms with Gasteiger partial charge < -0.3 is 5.11 Å². The Bertz CT molecular complexity index is 560. The number of aryl methyl sites for hydroxylation is 2. The number of rotatable bonds is 5. The summed E-state index contributed by atoms with van der Waals surface area (Å²) in [4.78, 5) is 11.0. The second-order valence-electron chi connectivity index (χ2n) is 4.86. The summed E-state index contributed by atoms with van der Waals surface area (Å²) >= 11 is 0. The molecule has 0 fully saturated rings. The molecule has 19 heavy (non-hydrogen) atoms. The lowest BCUT2D eigenvalue weighted by molar-refractivity contribution is -0.141. The zero-order valence-electron chi connectivity index (χ0n) is 11.5. The number of carboxylic acids is 1. The van der Waals surface area contributed by atoms with Gasteiger partial charge in [0.2, 0.25) is 10.0 Å². The normalized spacial score (nSPS) is 14.9. The molecule has 2 unspecified atom stereocenters. The lowest BCUT2D eigenvalue weighted by Crippen LogP contribution is -2.40. The summed E-state index contributed by atoms with van der Waals surface area (Å²) in [6.07, 6.45) is 0. The van der Waals surface area contributed by atoms with Crippen LogP contribution in [0.4, 0.5) is 0 Å². The van der Waals surface area contributed by atoms with Crippen LogP contribution in [0, 0.1) is 19.8 Å². The van der Waals surface area contributed by atoms with Gasteiger partial charge in [-0.2, -0.15) is 0 Å². The molecule has 6 heteroatoms. The molecule has 1 aromatic rings. The number of carboxylic acid groups (broad SMARTS) is 1. The minimum atomic E-state index is -3.70. The van der Waals surface area contributed by atoms with E-state index < -0.39 is 28.0 Å². The molecular weight excluding hydrogens is 266 g/mol. The highest BCUT2D eigenvalue weighted by atomic mass is 32.2. The van der Waals surface area contributed by atoms with E-state index in [4.69, 9.17) is 5.11 Å². The van der Waals surface area contributed by atoms with E-state index in [0.29, 0.717) is 0 Å². The molecule has 1 rings (SSSR count). The van der Waals surface area contributed by atoms with Gasteiger partial charge in [0.15, 0.2) is 0 Å². The summed E-state index contributed by atoms with van der Waals surface area (Å²) in [5.41, 5.74) is 1.69. The van der Waals surface area contributed by atoms with Gasteiger partial charge in [-0.3, -0.25) is 4.79 Å². The van der Waals surface area contributed by atoms with Crippen LogP contribution in [0.2, 0.25) is 0 Å². The van der Waals surface area contributed by atoms with Crippen LogP contribution in [0.1, 0.15) is 25.0 Å². The first-order valence-electron chi connectivity index (χ1n) is 5.97. The molecular formula is C13H19NO4S. The summed E-state index contributed by atoms with van der Waals surface area (Å²) in [6, 6.07) is 4.33. The summed E-state index contributed by atoms with van der Waals surface area (Å²) in [7, 11) is -3.70. The molecule has 2 atom stereocenters. The van der Waals surface area contributed by atoms with Gasteiger partial charge in [-0.05, 0) is 44.0 Å². The smallest absolute Gasteiger partial charge is 0.307 e. The van der Waals surface area contributed by atoms with E-state index in [0.717, 1.165) is 11.1 Å². The Morgan fingerprint density at radius 1 is 1.16 bits per heavy atom. The molecule has 0 aliphatic rings. The van der Waals surface area contributed by atoms with E-state index >= 15 is 0 Å². The van der Waals surface area contributed by atoms with Crippen molar-refractivity contribution >= 4 is 16.0 Å². The Kier molecular flexibility index (Phi) is 4.70. The molecule has 2 N–H and O–H groups in total. The number of nitrogens with one attached hydrogen (secondary N) is 1. The number of carbonyl (C=O) groups is 1. The maximum Gasteiger partial charge on any atom is 0.307 e. The number of hydrogen-bond acceptors (Lipinski definition) is 3. The first-order valence-corrected chi connectivity index (χ1v) is 7.45. The van der Waals surface area contributed by atoms with E-state index in [9.17, 15) is 13.2 Å². The van der Waals surface area contributed by atoms with Crippen molar-refractivity contribution in [3.8, 4) is 0 Å². The standard InChI is InChI=1S/C13H19NO4S/c1-8-5-9(2)7-12(6-8)19(17,18)14-11(4)10(3)13(15)16/h5-7,10-11,14H,1-4H3,(H,15,16). The van der Waals surface area contributed by atoms with Crippen molar-refractivity contribution in [3.63, 3.8) is 0 Å². The van der Waals surface area contributed by atoms with E-state index in [1.165, 1.54) is 6.92 Å². The minimum Gasteiger partial charge on any atom is -0.481 e. The monoisotopic (exact) mass is 285 g/mol. The van der Waals surface area contributed by atoms with Gasteiger partial charge in [0.1, 0.15) is 0 Å². The molecule has 1 aromatic carbocycles. The third kappa shape index (κ3) is 4.04. The Labute approximate surface area is 113 Å². The third-order valence-electron chi connectivity index (χ3n) is 2.99. The quantitative estimate of drug-likeness (QED) is 0.862. The Hall–Kier alpha value is -1.40. The van der Waals surface area contributed by atoms with Crippen LogP contribution in [0.5, 0.6) is 0 Å². The van der Waals surface area contributed by atoms with Crippen LogP contribution in [-0.2, 0) is 14.8 Å². The molecule has 0 saturated heterocycles. The van der Waals surface area contributed by atoms with Crippen molar-refractivity contribution < 1.29 is 18.3 Å². The van der Waals surface area contributed by atoms with Crippen LogP contribution in [0.3, 0.4) is 0 Å². The molecule has 0 aliphatic heterocycles. The van der Waals surface area contributed by atoms with Gasteiger partial charge in [0.25, 0.3) is 0 Å². The Balaban J connectivity index is 3.02. The SMILES string of the molecule is Cc1cc(C)cc(S(=O)(=O)NC(C)C(C)C(=O)O)c1. The largest absolute Gasteiger partial charge is 0.481 e. The fraction of sp³-hybridized carbons (Fsp3) is 0.462. The van der Waals surface area contributed by atoms with Gasteiger partial charge in [-0.15, -0.1) is 0 Å². The van der Waals surface area contributed by atoms with Gasteiger partial charge in [-0.1, -0.05) is 13.0 Å². The average Bonchev–Trinajstić information content (AvgIpc) is 2.25. The van der Waals surface area contributed by atoms with Crippen LogP contribution < -0.4 is 4.72 Å². The number of aliphatic carboxylic acids is 1. The van der Waals surface area contributed by atoms with Crippen LogP contribution >= 0.6 is 0 Å². The first-order chi connectivity index (χ1) is 8.63. The average molecular weight is 285 g/mol. The molecule has 0 spiro atoms. The molecule has 0 radical (unpaired) electrons. The molecule has 0 amide bonds. The molecule has 0 heterocycles. The molecule has 0 aliphatic carbocycles. The Morgan fingerprint density at radius 2 is 1.63 bits per heavy atom. The zero-order chi connectivity index (χ0) is 14.8. The predicted octanol–water partition coefficient (Wildman–Crippen LogP) is 1.69. The predicted molar refractivity (Wildman–Crippen MR) is 72.5 cm³/mol. The van der Waals surface area contributed by atoms with Crippen molar-refractivity contribution in [3.05, 3.63) is 29.3 Å². The highest BCUT2D eigenvalue weighted by Gasteiger charge is 2.25. The zero-order valence-corrected chi connectivity index (χ0v) is 12.3. The van der Waals surface area contributed by atoms with Crippen molar-refractivity contribution in [2.75, 3.05) is 0 Å². The van der Waals surface area contributed by atoms with Crippen LogP contribution in [0.25, 0.3) is 0 Å². The van der Waals surface area contributed by atoms with E-state index in [2.05, 4.69) is 4.72 Å². The fourth-order valence-electron chi connectivity index (χ4n) is 1.72. The molecule has 5 nitrogen and oxygen atoms in total. The molecule has 106 valence electrons. The summed E-state index contributed by atoms with van der Waals surface area (Å²) in [5.74, 6) is -1.82. The third-order valence-corrected chi connectivity index (χ3v) is 4.52. The van der Waals surface area contributed by atoms with Crippen molar-refractivity contribution in [1.82, 2.24) is 4.72 Å². The summed E-state index contributed by atoms with van der Waals surface area (Å²) < 4.78 is 26.7. The maximum absolute atomic E-state index is 12.2. The fourth-order valence-corrected chi connectivity index (χ4v) is 3.23. The van der Waals surface area contributed by atoms with Gasteiger partial charge in [0, 0.05) is 6.04 Å². The van der Waals surface area contributed by atoms with Gasteiger partial charge >= 0.3 is 5.97 Å². The molecule has 0 saturated carbocycles. The van der Waals surface area contributed by atoms with Gasteiger partial charge in [0.05, 0.1) is 10.8 Å². The van der Waals surface area contributed by atoms with E-state index in [1.54, 1.807) is 19.1 Å². The highest BCUT2D eigenvalue weighted by Crippen LogP contribution is 2.16. The summed E-state index contributed by atoms with van der Waals surface area (Å²) in [6.45, 7) is 6.64. The maximum atomic E-state index is 12.2. The van der Waals surface area contributed by atoms with Gasteiger partial charge in [-0.25, -0.2) is 13.1 Å². The second kappa shape index (κ2) is 5.71. The topological polar surface area (TPSA) is 83.5 Å². The highest BCUT2D eigenvalue weighted by molar-refractivity contribution is 7.89. The number of hydrogen-bond donors (Lipinski definition) is 2. The lowest BCUT2D eigenvalue weighted by Gasteiger charge is -2.18. The molecule has 0 bridgehead atoms. The van der Waals surface area contributed by atoms with Crippen molar-refractivity contribution in [1.29, 1.82) is 0 Å². The number of benzene rings is 1. The first kappa shape index (κ1) is 15.7. The summed E-state index contributed by atoms with van der Waals surface area (Å²) in [5, 5.41) is 8.87. The van der Waals surface area contributed by atoms with E-state index in [1.807, 2.05) is 19.9 Å². The van der Waals surface area contributed by atoms with E-state index in [-0.39, 0.29) is 4.90 Å². The van der Waals surface area contributed by atoms with Crippen molar-refractivity contribution in [2.24, 2.45) is 5.92 Å². The molecule has 0 aromatic heterocycles. The Morgan fingerprint density at radius 3 is 2.05 bits per heavy atom. The number of sulfonamides is 1. The van der Waals surface area contributed by atoms with Crippen molar-refractivity contribution in [2.45, 2.75) is 38.6 Å².